The number of nitrogens with two attached hydrogens (primary N) is 1. The molecule has 0 saturated heterocycles. The zero-order chi connectivity index (χ0) is 14.5. The number of rotatable bonds is 5. The second-order valence-electron chi connectivity index (χ2n) is 4.93. The first-order valence-electron chi connectivity index (χ1n) is 6.85. The molecule has 20 heavy (non-hydrogen) atoms. The van der Waals surface area contributed by atoms with E-state index in [9.17, 15) is 4.39 Å². The Morgan fingerprint density at radius 1 is 1.10 bits per heavy atom. The van der Waals surface area contributed by atoms with Crippen LogP contribution in [0.2, 0.25) is 0 Å². The summed E-state index contributed by atoms with van der Waals surface area (Å²) >= 11 is 0. The molecule has 0 bridgehead atoms. The fourth-order valence-electron chi connectivity index (χ4n) is 2.09. The normalized spacial score (nSPS) is 13.8. The first kappa shape index (κ1) is 14.5. The number of hydrogen-bond acceptors (Lipinski definition) is 2. The molecule has 0 saturated carbocycles. The maximum atomic E-state index is 13.1. The van der Waals surface area contributed by atoms with Crippen molar-refractivity contribution in [3.8, 4) is 5.75 Å². The van der Waals surface area contributed by atoms with Gasteiger partial charge >= 0.3 is 0 Å². The zero-order valence-corrected chi connectivity index (χ0v) is 11.8. The first-order valence-corrected chi connectivity index (χ1v) is 6.85. The van der Waals surface area contributed by atoms with Crippen molar-refractivity contribution in [2.24, 2.45) is 5.73 Å². The Morgan fingerprint density at radius 2 is 1.75 bits per heavy atom. The van der Waals surface area contributed by atoms with E-state index >= 15 is 0 Å². The van der Waals surface area contributed by atoms with Crippen molar-refractivity contribution in [3.05, 3.63) is 65.5 Å². The highest BCUT2D eigenvalue weighted by molar-refractivity contribution is 5.33. The highest BCUT2D eigenvalue weighted by Crippen LogP contribution is 2.27. The zero-order valence-electron chi connectivity index (χ0n) is 11.8. The molecular weight excluding hydrogens is 253 g/mol. The Morgan fingerprint density at radius 3 is 2.35 bits per heavy atom. The summed E-state index contributed by atoms with van der Waals surface area (Å²) < 4.78 is 19.1. The van der Waals surface area contributed by atoms with Crippen LogP contribution in [0, 0.1) is 12.7 Å². The quantitative estimate of drug-likeness (QED) is 0.894. The Bertz CT molecular complexity index is 553. The molecule has 2 nitrogen and oxygen atoms in total. The van der Waals surface area contributed by atoms with E-state index < -0.39 is 0 Å². The summed E-state index contributed by atoms with van der Waals surface area (Å²) in [5.74, 6) is 0.555. The second-order valence-corrected chi connectivity index (χ2v) is 4.93. The topological polar surface area (TPSA) is 35.2 Å². The molecule has 0 aliphatic carbocycles. The van der Waals surface area contributed by atoms with E-state index in [2.05, 4.69) is 0 Å². The summed E-state index contributed by atoms with van der Waals surface area (Å²) in [6.45, 7) is 4.01. The molecule has 2 atom stereocenters. The molecule has 2 aromatic carbocycles. The van der Waals surface area contributed by atoms with Gasteiger partial charge < -0.3 is 10.5 Å². The van der Waals surface area contributed by atoms with Gasteiger partial charge in [0.05, 0.1) is 0 Å². The van der Waals surface area contributed by atoms with Crippen LogP contribution in [0.4, 0.5) is 4.39 Å². The minimum absolute atomic E-state index is 0.139. The molecule has 0 spiro atoms. The molecule has 0 aliphatic rings. The van der Waals surface area contributed by atoms with Crippen LogP contribution in [0.1, 0.15) is 30.6 Å². The fraction of sp³-hybridized carbons (Fsp3) is 0.294. The molecule has 0 aliphatic heterocycles. The Kier molecular flexibility index (Phi) is 4.74. The highest BCUT2D eigenvalue weighted by atomic mass is 19.1. The number of benzene rings is 2. The van der Waals surface area contributed by atoms with Crippen LogP contribution in [0.15, 0.2) is 48.5 Å². The maximum Gasteiger partial charge on any atom is 0.139 e. The lowest BCUT2D eigenvalue weighted by Crippen LogP contribution is -2.31. The van der Waals surface area contributed by atoms with Crippen molar-refractivity contribution in [2.45, 2.75) is 32.4 Å². The van der Waals surface area contributed by atoms with Gasteiger partial charge in [-0.25, -0.2) is 4.39 Å². The third-order valence-corrected chi connectivity index (χ3v) is 3.41. The van der Waals surface area contributed by atoms with E-state index in [0.717, 1.165) is 23.3 Å². The predicted molar refractivity (Wildman–Crippen MR) is 79.2 cm³/mol. The van der Waals surface area contributed by atoms with Gasteiger partial charge in [-0.05, 0) is 42.7 Å². The van der Waals surface area contributed by atoms with Crippen LogP contribution in [0.3, 0.4) is 0 Å². The predicted octanol–water partition coefficient (Wildman–Crippen LogP) is 3.99. The molecule has 0 heterocycles. The number of para-hydroxylation sites is 1. The lowest BCUT2D eigenvalue weighted by atomic mass is 10.0. The van der Waals surface area contributed by atoms with Crippen LogP contribution in [0.5, 0.6) is 5.75 Å². The lowest BCUT2D eigenvalue weighted by molar-refractivity contribution is 0.170. The van der Waals surface area contributed by atoms with E-state index in [1.54, 1.807) is 12.1 Å². The lowest BCUT2D eigenvalue weighted by Gasteiger charge is -2.25. The summed E-state index contributed by atoms with van der Waals surface area (Å²) in [6, 6.07) is 14.0. The summed E-state index contributed by atoms with van der Waals surface area (Å²) in [5.41, 5.74) is 8.12. The van der Waals surface area contributed by atoms with Crippen molar-refractivity contribution in [3.63, 3.8) is 0 Å². The molecule has 2 rings (SSSR count). The van der Waals surface area contributed by atoms with E-state index in [-0.39, 0.29) is 18.0 Å². The van der Waals surface area contributed by atoms with Crippen LogP contribution in [0.25, 0.3) is 0 Å². The Labute approximate surface area is 119 Å². The van der Waals surface area contributed by atoms with Gasteiger partial charge in [0.25, 0.3) is 0 Å². The van der Waals surface area contributed by atoms with Gasteiger partial charge in [-0.1, -0.05) is 37.3 Å². The summed E-state index contributed by atoms with van der Waals surface area (Å²) in [6.07, 6.45) is 0.509. The summed E-state index contributed by atoms with van der Waals surface area (Å²) in [5, 5.41) is 0. The average molecular weight is 273 g/mol. The second kappa shape index (κ2) is 6.53. The van der Waals surface area contributed by atoms with E-state index in [1.807, 2.05) is 38.1 Å². The van der Waals surface area contributed by atoms with E-state index in [1.165, 1.54) is 12.1 Å². The fourth-order valence-corrected chi connectivity index (χ4v) is 2.09. The van der Waals surface area contributed by atoms with E-state index in [0.29, 0.717) is 0 Å². The van der Waals surface area contributed by atoms with Crippen LogP contribution < -0.4 is 10.5 Å². The third-order valence-electron chi connectivity index (χ3n) is 3.41. The third kappa shape index (κ3) is 3.36. The molecule has 2 unspecified atom stereocenters. The number of ether oxygens (including phenoxy) is 1. The minimum Gasteiger partial charge on any atom is -0.484 e. The highest BCUT2D eigenvalue weighted by Gasteiger charge is 2.21. The smallest absolute Gasteiger partial charge is 0.139 e. The molecule has 0 aromatic heterocycles. The number of aryl methyl sites for hydroxylation is 1. The maximum absolute atomic E-state index is 13.1. The van der Waals surface area contributed by atoms with Gasteiger partial charge in [0, 0.05) is 6.04 Å². The Balaban J connectivity index is 2.29. The first-order chi connectivity index (χ1) is 9.61. The minimum atomic E-state index is -0.276. The largest absolute Gasteiger partial charge is 0.484 e. The van der Waals surface area contributed by atoms with Gasteiger partial charge in [0.2, 0.25) is 0 Å². The molecule has 0 fully saturated rings. The van der Waals surface area contributed by atoms with Crippen LogP contribution in [-0.2, 0) is 0 Å². The van der Waals surface area contributed by atoms with E-state index in [4.69, 9.17) is 10.5 Å². The number of hydrogen-bond donors (Lipinski definition) is 1. The van der Waals surface area contributed by atoms with Gasteiger partial charge in [-0.2, -0.15) is 0 Å². The van der Waals surface area contributed by atoms with Crippen molar-refractivity contribution in [1.82, 2.24) is 0 Å². The van der Waals surface area contributed by atoms with Crippen molar-refractivity contribution in [1.29, 1.82) is 0 Å². The van der Waals surface area contributed by atoms with Gasteiger partial charge in [0.15, 0.2) is 0 Å². The van der Waals surface area contributed by atoms with Crippen molar-refractivity contribution in [2.75, 3.05) is 0 Å². The number of halogens is 1. The van der Waals surface area contributed by atoms with Crippen molar-refractivity contribution < 1.29 is 9.13 Å². The van der Waals surface area contributed by atoms with Gasteiger partial charge in [0.1, 0.15) is 17.7 Å². The molecule has 0 radical (unpaired) electrons. The standard InChI is InChI=1S/C17H20FNO/c1-3-15(19)17(13-8-10-14(18)11-9-13)20-16-7-5-4-6-12(16)2/h4-11,15,17H,3,19H2,1-2H3. The molecule has 2 N–H and O–H groups in total. The molecule has 0 amide bonds. The van der Waals surface area contributed by atoms with Gasteiger partial charge in [-0.3, -0.25) is 0 Å². The molecular formula is C17H20FNO. The summed E-state index contributed by atoms with van der Waals surface area (Å²) in [4.78, 5) is 0. The van der Waals surface area contributed by atoms with Gasteiger partial charge in [-0.15, -0.1) is 0 Å². The van der Waals surface area contributed by atoms with Crippen LogP contribution in [-0.4, -0.2) is 6.04 Å². The Hall–Kier alpha value is -1.87. The SMILES string of the molecule is CCC(N)C(Oc1ccccc1C)c1ccc(F)cc1. The molecule has 2 aromatic rings. The monoisotopic (exact) mass is 273 g/mol. The molecule has 106 valence electrons. The molecule has 3 heteroatoms. The van der Waals surface area contributed by atoms with Crippen molar-refractivity contribution >= 4 is 0 Å². The van der Waals surface area contributed by atoms with Crippen LogP contribution >= 0.6 is 0 Å². The average Bonchev–Trinajstić information content (AvgIpc) is 2.47. The summed E-state index contributed by atoms with van der Waals surface area (Å²) in [7, 11) is 0.